The number of hydrogen-bond donors (Lipinski definition) is 1. The zero-order valence-electron chi connectivity index (χ0n) is 18.0. The van der Waals surface area contributed by atoms with E-state index in [1.54, 1.807) is 47.4 Å². The average molecular weight is 435 g/mol. The Balaban J connectivity index is 1.30. The third kappa shape index (κ3) is 4.14. The minimum atomic E-state index is -0.0814. The predicted molar refractivity (Wildman–Crippen MR) is 127 cm³/mol. The molecule has 3 heterocycles. The van der Waals surface area contributed by atoms with Gasteiger partial charge in [-0.05, 0) is 42.0 Å². The summed E-state index contributed by atoms with van der Waals surface area (Å²) in [4.78, 5) is 27.0. The lowest BCUT2D eigenvalue weighted by Crippen LogP contribution is -2.26. The van der Waals surface area contributed by atoms with E-state index in [9.17, 15) is 4.79 Å². The molecule has 0 bridgehead atoms. The van der Waals surface area contributed by atoms with Crippen LogP contribution < -0.4 is 10.2 Å². The lowest BCUT2D eigenvalue weighted by atomic mass is 10.1. The van der Waals surface area contributed by atoms with Gasteiger partial charge in [-0.15, -0.1) is 0 Å². The second-order valence-electron chi connectivity index (χ2n) is 7.47. The van der Waals surface area contributed by atoms with Crippen molar-refractivity contribution >= 4 is 28.4 Å². The maximum Gasteiger partial charge on any atom is 0.258 e. The van der Waals surface area contributed by atoms with Gasteiger partial charge in [-0.1, -0.05) is 30.3 Å². The molecule has 0 aliphatic rings. The van der Waals surface area contributed by atoms with Crippen LogP contribution in [0.4, 0.5) is 11.5 Å². The van der Waals surface area contributed by atoms with Gasteiger partial charge in [0.05, 0.1) is 17.3 Å². The number of amides is 1. The van der Waals surface area contributed by atoms with Crippen LogP contribution in [0.5, 0.6) is 0 Å². The topological polar surface area (TPSA) is 88.8 Å². The van der Waals surface area contributed by atoms with Gasteiger partial charge in [0, 0.05) is 37.2 Å². The Labute approximate surface area is 190 Å². The zero-order chi connectivity index (χ0) is 22.6. The van der Waals surface area contributed by atoms with Crippen LogP contribution in [-0.2, 0) is 6.54 Å². The van der Waals surface area contributed by atoms with E-state index in [-0.39, 0.29) is 5.91 Å². The number of carbonyl (C=O) groups is 1. The number of carbonyl (C=O) groups excluding carboxylic acids is 1. The minimum Gasteiger partial charge on any atom is -0.365 e. The highest BCUT2D eigenvalue weighted by atomic mass is 16.2. The fourth-order valence-corrected chi connectivity index (χ4v) is 3.57. The summed E-state index contributed by atoms with van der Waals surface area (Å²) in [6.45, 7) is 0.574. The Morgan fingerprint density at radius 1 is 0.970 bits per heavy atom. The van der Waals surface area contributed by atoms with Crippen molar-refractivity contribution in [3.8, 4) is 5.69 Å². The lowest BCUT2D eigenvalue weighted by Gasteiger charge is -2.18. The van der Waals surface area contributed by atoms with E-state index < -0.39 is 0 Å². The Morgan fingerprint density at radius 2 is 1.73 bits per heavy atom. The molecule has 162 valence electrons. The van der Waals surface area contributed by atoms with E-state index in [0.717, 1.165) is 33.8 Å². The van der Waals surface area contributed by atoms with E-state index >= 15 is 0 Å². The molecule has 8 nitrogen and oxygen atoms in total. The second-order valence-corrected chi connectivity index (χ2v) is 7.47. The van der Waals surface area contributed by atoms with Gasteiger partial charge in [-0.25, -0.2) is 14.6 Å². The summed E-state index contributed by atoms with van der Waals surface area (Å²) < 4.78 is 1.80. The molecule has 0 unspecified atom stereocenters. The van der Waals surface area contributed by atoms with Crippen molar-refractivity contribution < 1.29 is 4.79 Å². The molecule has 0 aliphatic heterocycles. The minimum absolute atomic E-state index is 0.0814. The molecule has 0 atom stereocenters. The molecule has 0 aliphatic carbocycles. The maximum absolute atomic E-state index is 12.6. The Bertz CT molecular complexity index is 1380. The maximum atomic E-state index is 12.6. The number of para-hydroxylation sites is 1. The molecule has 0 fully saturated rings. The molecule has 2 aromatic carbocycles. The molecule has 3 aromatic heterocycles. The first-order valence-electron chi connectivity index (χ1n) is 10.5. The summed E-state index contributed by atoms with van der Waals surface area (Å²) in [5.74, 6) is 0.637. The number of nitrogens with zero attached hydrogens (tertiary/aromatic N) is 6. The van der Waals surface area contributed by atoms with Crippen LogP contribution in [0.2, 0.25) is 0 Å². The highest BCUT2D eigenvalue weighted by Gasteiger charge is 2.14. The first-order valence-corrected chi connectivity index (χ1v) is 10.5. The molecule has 0 spiro atoms. The lowest BCUT2D eigenvalue weighted by molar-refractivity contribution is 0.0993. The first kappa shape index (κ1) is 20.3. The van der Waals surface area contributed by atoms with E-state index in [0.29, 0.717) is 12.1 Å². The number of benzene rings is 2. The molecule has 0 saturated heterocycles. The molecular formula is C25H21N7O. The van der Waals surface area contributed by atoms with Crippen molar-refractivity contribution in [2.24, 2.45) is 0 Å². The predicted octanol–water partition coefficient (Wildman–Crippen LogP) is 4.10. The smallest absolute Gasteiger partial charge is 0.258 e. The van der Waals surface area contributed by atoms with E-state index in [1.807, 2.05) is 54.6 Å². The van der Waals surface area contributed by atoms with Crippen molar-refractivity contribution in [2.75, 3.05) is 17.3 Å². The fraction of sp³-hybridized carbons (Fsp3) is 0.0800. The number of fused-ring (bicyclic) bond motifs is 1. The summed E-state index contributed by atoms with van der Waals surface area (Å²) in [7, 11) is 1.76. The molecule has 1 N–H and O–H groups in total. The van der Waals surface area contributed by atoms with Gasteiger partial charge >= 0.3 is 0 Å². The van der Waals surface area contributed by atoms with Crippen LogP contribution in [0.25, 0.3) is 16.7 Å². The van der Waals surface area contributed by atoms with Gasteiger partial charge in [0.15, 0.2) is 5.65 Å². The number of pyridine rings is 1. The standard InChI is InChI=1S/C25H21N7O/c1-31(25(33)19-11-13-26-14-12-19)20-9-7-18(8-10-20)15-27-23-22-16-30-32(24(22)29-17-28-23)21-5-3-2-4-6-21/h2-14,16-17H,15H2,1H3,(H,27,28,29). The number of aromatic nitrogens is 5. The van der Waals surface area contributed by atoms with Crippen molar-refractivity contribution in [3.05, 3.63) is 103 Å². The van der Waals surface area contributed by atoms with E-state index in [4.69, 9.17) is 0 Å². The third-order valence-corrected chi connectivity index (χ3v) is 5.38. The number of rotatable bonds is 6. The normalized spacial score (nSPS) is 10.8. The SMILES string of the molecule is CN(C(=O)c1ccncc1)c1ccc(CNc2ncnc3c2cnn3-c2ccccc2)cc1. The number of anilines is 2. The summed E-state index contributed by atoms with van der Waals surface area (Å²) in [5.41, 5.74) is 4.16. The first-order chi connectivity index (χ1) is 16.2. The highest BCUT2D eigenvalue weighted by Crippen LogP contribution is 2.22. The fourth-order valence-electron chi connectivity index (χ4n) is 3.57. The van der Waals surface area contributed by atoms with Gasteiger partial charge in [-0.3, -0.25) is 9.78 Å². The molecule has 1 amide bonds. The molecule has 8 heteroatoms. The molecule has 5 rings (SSSR count). The van der Waals surface area contributed by atoms with Crippen molar-refractivity contribution in [3.63, 3.8) is 0 Å². The van der Waals surface area contributed by atoms with E-state index in [1.165, 1.54) is 6.33 Å². The summed E-state index contributed by atoms with van der Waals surface area (Å²) >= 11 is 0. The molecule has 0 radical (unpaired) electrons. The highest BCUT2D eigenvalue weighted by molar-refractivity contribution is 6.05. The molecule has 0 saturated carbocycles. The Morgan fingerprint density at radius 3 is 2.48 bits per heavy atom. The van der Waals surface area contributed by atoms with Gasteiger partial charge < -0.3 is 10.2 Å². The van der Waals surface area contributed by atoms with Crippen molar-refractivity contribution in [1.82, 2.24) is 24.7 Å². The van der Waals surface area contributed by atoms with Crippen LogP contribution in [0.15, 0.2) is 91.6 Å². The van der Waals surface area contributed by atoms with Gasteiger partial charge in [0.25, 0.3) is 5.91 Å². The van der Waals surface area contributed by atoms with Crippen LogP contribution in [0, 0.1) is 0 Å². The Hall–Kier alpha value is -4.59. The van der Waals surface area contributed by atoms with Crippen LogP contribution in [0.1, 0.15) is 15.9 Å². The molecule has 33 heavy (non-hydrogen) atoms. The summed E-state index contributed by atoms with van der Waals surface area (Å²) in [6, 6.07) is 21.1. The second kappa shape index (κ2) is 8.88. The summed E-state index contributed by atoms with van der Waals surface area (Å²) in [6.07, 6.45) is 6.54. The van der Waals surface area contributed by atoms with Crippen LogP contribution >= 0.6 is 0 Å². The Kier molecular flexibility index (Phi) is 5.47. The third-order valence-electron chi connectivity index (χ3n) is 5.38. The quantitative estimate of drug-likeness (QED) is 0.432. The largest absolute Gasteiger partial charge is 0.365 e. The van der Waals surface area contributed by atoms with Crippen LogP contribution in [-0.4, -0.2) is 37.7 Å². The molecule has 5 aromatic rings. The average Bonchev–Trinajstić information content (AvgIpc) is 3.33. The summed E-state index contributed by atoms with van der Waals surface area (Å²) in [5, 5.41) is 8.71. The van der Waals surface area contributed by atoms with Gasteiger partial charge in [0.2, 0.25) is 0 Å². The van der Waals surface area contributed by atoms with Gasteiger partial charge in [-0.2, -0.15) is 5.10 Å². The zero-order valence-corrected chi connectivity index (χ0v) is 18.0. The van der Waals surface area contributed by atoms with Crippen molar-refractivity contribution in [2.45, 2.75) is 6.54 Å². The molecular weight excluding hydrogens is 414 g/mol. The monoisotopic (exact) mass is 435 g/mol. The van der Waals surface area contributed by atoms with Crippen molar-refractivity contribution in [1.29, 1.82) is 0 Å². The van der Waals surface area contributed by atoms with Gasteiger partial charge in [0.1, 0.15) is 12.1 Å². The number of nitrogens with one attached hydrogen (secondary N) is 1. The van der Waals surface area contributed by atoms with Crippen LogP contribution in [0.3, 0.4) is 0 Å². The number of hydrogen-bond acceptors (Lipinski definition) is 6. The van der Waals surface area contributed by atoms with E-state index in [2.05, 4.69) is 25.4 Å².